The van der Waals surface area contributed by atoms with Crippen molar-refractivity contribution in [2.24, 2.45) is 0 Å². The molecule has 0 N–H and O–H groups in total. The van der Waals surface area contributed by atoms with Gasteiger partial charge in [-0.05, 0) is 63.3 Å². The first-order valence-electron chi connectivity index (χ1n) is 16.3. The van der Waals surface area contributed by atoms with Gasteiger partial charge in [-0.15, -0.1) is 0 Å². The molecule has 0 spiro atoms. The van der Waals surface area contributed by atoms with E-state index in [1.165, 1.54) is 48.5 Å². The molecule has 11 rings (SSSR count). The molecule has 11 aromatic rings. The molecule has 0 aliphatic carbocycles. The predicted molar refractivity (Wildman–Crippen MR) is 201 cm³/mol. The number of hydrogen-bond donors (Lipinski definition) is 0. The van der Waals surface area contributed by atoms with Gasteiger partial charge in [0.25, 0.3) is 0 Å². The molecule has 0 atom stereocenters. The quantitative estimate of drug-likeness (QED) is 0.183. The van der Waals surface area contributed by atoms with Crippen molar-refractivity contribution >= 4 is 86.8 Å². The van der Waals surface area contributed by atoms with Crippen molar-refractivity contribution in [1.82, 2.24) is 19.1 Å². The summed E-state index contributed by atoms with van der Waals surface area (Å²) in [5, 5.41) is 13.2. The van der Waals surface area contributed by atoms with Crippen LogP contribution < -0.4 is 0 Å². The minimum Gasteiger partial charge on any atom is -0.307 e. The van der Waals surface area contributed by atoms with E-state index >= 15 is 0 Å². The molecule has 0 unspecified atom stereocenters. The zero-order chi connectivity index (χ0) is 31.3. The molecular formula is C44H26N4. The van der Waals surface area contributed by atoms with Crippen LogP contribution >= 0.6 is 0 Å². The number of hydrogen-bond acceptors (Lipinski definition) is 2. The Labute approximate surface area is 274 Å². The summed E-state index contributed by atoms with van der Waals surface area (Å²) in [7, 11) is 0. The zero-order valence-electron chi connectivity index (χ0n) is 25.8. The Balaban J connectivity index is 1.40. The topological polar surface area (TPSA) is 35.6 Å². The largest absolute Gasteiger partial charge is 0.307 e. The van der Waals surface area contributed by atoms with Crippen LogP contribution in [0.2, 0.25) is 0 Å². The van der Waals surface area contributed by atoms with Crippen LogP contribution in [0.3, 0.4) is 0 Å². The summed E-state index contributed by atoms with van der Waals surface area (Å²) in [6, 6.07) is 52.1. The van der Waals surface area contributed by atoms with Crippen molar-refractivity contribution in [3.63, 3.8) is 0 Å². The van der Waals surface area contributed by atoms with Gasteiger partial charge in [0.15, 0.2) is 0 Å². The molecule has 0 saturated carbocycles. The lowest BCUT2D eigenvalue weighted by Gasteiger charge is -2.14. The highest BCUT2D eigenvalue weighted by Gasteiger charge is 2.25. The lowest BCUT2D eigenvalue weighted by Crippen LogP contribution is -1.99. The van der Waals surface area contributed by atoms with Gasteiger partial charge in [-0.1, -0.05) is 109 Å². The Morgan fingerprint density at radius 2 is 0.917 bits per heavy atom. The van der Waals surface area contributed by atoms with Gasteiger partial charge in [-0.3, -0.25) is 9.55 Å². The lowest BCUT2D eigenvalue weighted by atomic mass is 9.95. The van der Waals surface area contributed by atoms with E-state index < -0.39 is 0 Å². The van der Waals surface area contributed by atoms with E-state index in [1.807, 2.05) is 6.20 Å². The minimum atomic E-state index is 0.898. The van der Waals surface area contributed by atoms with Crippen LogP contribution in [0.5, 0.6) is 0 Å². The first kappa shape index (κ1) is 25.6. The SMILES string of the molecule is c1ccc(-n2c3ccccc3c3c2c2ncccc2c2c4ccccc4n(-c4cc5c6ccccc6c6ccccc6c5cn4)c23)cc1. The van der Waals surface area contributed by atoms with Gasteiger partial charge in [-0.25, -0.2) is 4.98 Å². The Kier molecular flexibility index (Phi) is 5.08. The summed E-state index contributed by atoms with van der Waals surface area (Å²) in [4.78, 5) is 10.4. The third kappa shape index (κ3) is 3.28. The Bertz CT molecular complexity index is 3080. The van der Waals surface area contributed by atoms with E-state index in [0.29, 0.717) is 0 Å². The fourth-order valence-electron chi connectivity index (χ4n) is 8.24. The second kappa shape index (κ2) is 9.50. The van der Waals surface area contributed by atoms with E-state index in [2.05, 4.69) is 161 Å². The molecule has 4 nitrogen and oxygen atoms in total. The lowest BCUT2D eigenvalue weighted by molar-refractivity contribution is 1.09. The molecule has 48 heavy (non-hydrogen) atoms. The number of aromatic nitrogens is 4. The predicted octanol–water partition coefficient (Wildman–Crippen LogP) is 11.3. The number of pyridine rings is 2. The maximum absolute atomic E-state index is 5.28. The van der Waals surface area contributed by atoms with Gasteiger partial charge in [0.2, 0.25) is 0 Å². The van der Waals surface area contributed by atoms with E-state index in [-0.39, 0.29) is 0 Å². The highest BCUT2D eigenvalue weighted by molar-refractivity contribution is 6.36. The summed E-state index contributed by atoms with van der Waals surface area (Å²) in [6.45, 7) is 0. The normalized spacial score (nSPS) is 12.2. The van der Waals surface area contributed by atoms with Crippen molar-refractivity contribution < 1.29 is 0 Å². The molecular weight excluding hydrogens is 585 g/mol. The van der Waals surface area contributed by atoms with Gasteiger partial charge in [0.1, 0.15) is 5.82 Å². The standard InChI is InChI=1S/C44H26N4/c1-2-13-27(14-3-1)47-37-22-10-9-20-33(37)41-43-40(34-21-12-24-45-42(34)44(41)47)32-19-8-11-23-38(32)48(43)39-25-35-30-17-6-4-15-28(30)29-16-5-7-18-31(29)36(35)26-46-39/h1-26H. The molecule has 0 radical (unpaired) electrons. The van der Waals surface area contributed by atoms with Gasteiger partial charge < -0.3 is 4.57 Å². The van der Waals surface area contributed by atoms with Crippen molar-refractivity contribution in [1.29, 1.82) is 0 Å². The average molecular weight is 611 g/mol. The van der Waals surface area contributed by atoms with E-state index in [9.17, 15) is 0 Å². The van der Waals surface area contributed by atoms with Crippen LogP contribution in [-0.2, 0) is 0 Å². The molecule has 4 heterocycles. The van der Waals surface area contributed by atoms with Crippen molar-refractivity contribution in [2.75, 3.05) is 0 Å². The molecule has 222 valence electrons. The second-order valence-corrected chi connectivity index (χ2v) is 12.6. The first-order valence-corrected chi connectivity index (χ1v) is 16.3. The Morgan fingerprint density at radius 1 is 0.375 bits per heavy atom. The molecule has 0 amide bonds. The fraction of sp³-hybridized carbons (Fsp3) is 0. The summed E-state index contributed by atoms with van der Waals surface area (Å²) in [6.07, 6.45) is 3.99. The van der Waals surface area contributed by atoms with Crippen LogP contribution in [0.1, 0.15) is 0 Å². The fourth-order valence-corrected chi connectivity index (χ4v) is 8.24. The smallest absolute Gasteiger partial charge is 0.138 e. The zero-order valence-corrected chi connectivity index (χ0v) is 25.8. The summed E-state index contributed by atoms with van der Waals surface area (Å²) in [5.74, 6) is 0.898. The summed E-state index contributed by atoms with van der Waals surface area (Å²) >= 11 is 0. The van der Waals surface area contributed by atoms with Gasteiger partial charge >= 0.3 is 0 Å². The maximum Gasteiger partial charge on any atom is 0.138 e. The molecule has 4 aromatic heterocycles. The number of fused-ring (bicyclic) bond motifs is 16. The maximum atomic E-state index is 5.28. The highest BCUT2D eigenvalue weighted by atomic mass is 15.1. The van der Waals surface area contributed by atoms with Crippen LogP contribution in [0, 0.1) is 0 Å². The van der Waals surface area contributed by atoms with E-state index in [4.69, 9.17) is 9.97 Å². The van der Waals surface area contributed by atoms with Gasteiger partial charge in [0, 0.05) is 50.4 Å². The van der Waals surface area contributed by atoms with Crippen molar-refractivity contribution in [3.8, 4) is 11.5 Å². The van der Waals surface area contributed by atoms with E-state index in [0.717, 1.165) is 49.9 Å². The van der Waals surface area contributed by atoms with Crippen LogP contribution in [0.15, 0.2) is 158 Å². The monoisotopic (exact) mass is 610 g/mol. The molecule has 4 heteroatoms. The Morgan fingerprint density at radius 3 is 1.62 bits per heavy atom. The minimum absolute atomic E-state index is 0.898. The molecule has 0 aliphatic rings. The first-order chi connectivity index (χ1) is 23.9. The second-order valence-electron chi connectivity index (χ2n) is 12.6. The number of nitrogens with zero attached hydrogens (tertiary/aromatic N) is 4. The third-order valence-electron chi connectivity index (χ3n) is 10.1. The van der Waals surface area contributed by atoms with Gasteiger partial charge in [-0.2, -0.15) is 0 Å². The molecule has 0 bridgehead atoms. The van der Waals surface area contributed by atoms with Crippen LogP contribution in [0.4, 0.5) is 0 Å². The van der Waals surface area contributed by atoms with Crippen molar-refractivity contribution in [2.45, 2.75) is 0 Å². The average Bonchev–Trinajstić information content (AvgIpc) is 3.69. The number of benzene rings is 7. The third-order valence-corrected chi connectivity index (χ3v) is 10.1. The number of para-hydroxylation sites is 3. The van der Waals surface area contributed by atoms with E-state index in [1.54, 1.807) is 0 Å². The van der Waals surface area contributed by atoms with Gasteiger partial charge in [0.05, 0.1) is 27.6 Å². The molecule has 0 saturated heterocycles. The highest BCUT2D eigenvalue weighted by Crippen LogP contribution is 2.46. The molecule has 7 aromatic carbocycles. The summed E-state index contributed by atoms with van der Waals surface area (Å²) in [5.41, 5.74) is 6.63. The van der Waals surface area contributed by atoms with Crippen LogP contribution in [0.25, 0.3) is 98.3 Å². The number of rotatable bonds is 2. The molecule has 0 aliphatic heterocycles. The Hall–Kier alpha value is -6.52. The summed E-state index contributed by atoms with van der Waals surface area (Å²) < 4.78 is 4.78. The van der Waals surface area contributed by atoms with Crippen molar-refractivity contribution in [3.05, 3.63) is 158 Å². The molecule has 0 fully saturated rings. The van der Waals surface area contributed by atoms with Crippen LogP contribution in [-0.4, -0.2) is 19.1 Å².